The Morgan fingerprint density at radius 1 is 1.50 bits per heavy atom. The first kappa shape index (κ1) is 9.43. The molecule has 0 aromatic heterocycles. The Bertz CT molecular complexity index is 76.0. The number of nitrogens with one attached hydrogen (secondary N) is 1. The third kappa shape index (κ3) is 7.43. The minimum atomic E-state index is 0.667. The van der Waals surface area contributed by atoms with Gasteiger partial charge >= 0.3 is 0 Å². The third-order valence-electron chi connectivity index (χ3n) is 1.11. The van der Waals surface area contributed by atoms with Crippen molar-refractivity contribution in [2.75, 3.05) is 19.7 Å². The highest BCUT2D eigenvalue weighted by Crippen LogP contribution is 1.80. The second-order valence-electron chi connectivity index (χ2n) is 2.07. The van der Waals surface area contributed by atoms with Gasteiger partial charge in [0.1, 0.15) is 6.61 Å². The predicted molar refractivity (Wildman–Crippen MR) is 43.3 cm³/mol. The molecule has 3 nitrogen and oxygen atoms in total. The molecular weight excluding hydrogens is 128 g/mol. The second-order valence-corrected chi connectivity index (χ2v) is 2.07. The SMILES string of the molecule is C=NOCCCNCCC. The number of nitrogens with zero attached hydrogens (tertiary/aromatic N) is 1. The highest BCUT2D eigenvalue weighted by atomic mass is 16.6. The molecule has 3 heteroatoms. The van der Waals surface area contributed by atoms with Crippen molar-refractivity contribution in [3.8, 4) is 0 Å². The summed E-state index contributed by atoms with van der Waals surface area (Å²) >= 11 is 0. The Morgan fingerprint density at radius 3 is 2.90 bits per heavy atom. The summed E-state index contributed by atoms with van der Waals surface area (Å²) in [6.07, 6.45) is 2.18. The van der Waals surface area contributed by atoms with Crippen LogP contribution < -0.4 is 5.32 Å². The summed E-state index contributed by atoms with van der Waals surface area (Å²) in [5.74, 6) is 0. The Balaban J connectivity index is 2.70. The highest BCUT2D eigenvalue weighted by Gasteiger charge is 1.85. The van der Waals surface area contributed by atoms with Crippen LogP contribution in [0.4, 0.5) is 0 Å². The molecule has 0 saturated heterocycles. The van der Waals surface area contributed by atoms with Gasteiger partial charge in [0.15, 0.2) is 0 Å². The van der Waals surface area contributed by atoms with Crippen LogP contribution in [0.15, 0.2) is 5.16 Å². The van der Waals surface area contributed by atoms with Crippen molar-refractivity contribution < 1.29 is 4.84 Å². The molecule has 0 atom stereocenters. The van der Waals surface area contributed by atoms with Crippen LogP contribution in [0.25, 0.3) is 0 Å². The van der Waals surface area contributed by atoms with Crippen molar-refractivity contribution in [2.24, 2.45) is 5.16 Å². The summed E-state index contributed by atoms with van der Waals surface area (Å²) < 4.78 is 0. The summed E-state index contributed by atoms with van der Waals surface area (Å²) in [6, 6.07) is 0. The zero-order valence-corrected chi connectivity index (χ0v) is 6.60. The molecule has 0 radical (unpaired) electrons. The smallest absolute Gasteiger partial charge is 0.118 e. The fourth-order valence-electron chi connectivity index (χ4n) is 0.628. The van der Waals surface area contributed by atoms with Gasteiger partial charge in [-0.3, -0.25) is 0 Å². The average Bonchev–Trinajstić information content (AvgIpc) is 1.97. The van der Waals surface area contributed by atoms with Crippen LogP contribution in [0, 0.1) is 0 Å². The minimum Gasteiger partial charge on any atom is -0.396 e. The molecule has 0 amide bonds. The van der Waals surface area contributed by atoms with Gasteiger partial charge in [0.05, 0.1) is 0 Å². The summed E-state index contributed by atoms with van der Waals surface area (Å²) in [5.41, 5.74) is 0. The van der Waals surface area contributed by atoms with E-state index in [0.717, 1.165) is 19.5 Å². The highest BCUT2D eigenvalue weighted by molar-refractivity contribution is 5.21. The van der Waals surface area contributed by atoms with Gasteiger partial charge in [0.25, 0.3) is 0 Å². The number of hydrogen-bond donors (Lipinski definition) is 1. The predicted octanol–water partition coefficient (Wildman–Crippen LogP) is 1.01. The third-order valence-corrected chi connectivity index (χ3v) is 1.11. The van der Waals surface area contributed by atoms with Gasteiger partial charge in [-0.05, 0) is 25.9 Å². The van der Waals surface area contributed by atoms with Crippen LogP contribution in [0.2, 0.25) is 0 Å². The normalized spacial score (nSPS) is 9.30. The Labute approximate surface area is 62.4 Å². The van der Waals surface area contributed by atoms with Crippen LogP contribution in [0.5, 0.6) is 0 Å². The lowest BCUT2D eigenvalue weighted by molar-refractivity contribution is 0.144. The maximum absolute atomic E-state index is 4.69. The average molecular weight is 144 g/mol. The van der Waals surface area contributed by atoms with Crippen molar-refractivity contribution in [3.05, 3.63) is 0 Å². The van der Waals surface area contributed by atoms with Gasteiger partial charge < -0.3 is 10.2 Å². The van der Waals surface area contributed by atoms with Gasteiger partial charge in [-0.25, -0.2) is 0 Å². The molecule has 0 rings (SSSR count). The molecule has 0 bridgehead atoms. The van der Waals surface area contributed by atoms with E-state index in [9.17, 15) is 0 Å². The molecule has 60 valence electrons. The molecule has 0 fully saturated rings. The van der Waals surface area contributed by atoms with E-state index in [1.807, 2.05) is 0 Å². The fraction of sp³-hybridized carbons (Fsp3) is 0.857. The molecule has 0 aliphatic heterocycles. The Kier molecular flexibility index (Phi) is 7.95. The van der Waals surface area contributed by atoms with Crippen molar-refractivity contribution in [3.63, 3.8) is 0 Å². The van der Waals surface area contributed by atoms with Crippen molar-refractivity contribution in [2.45, 2.75) is 19.8 Å². The van der Waals surface area contributed by atoms with Crippen molar-refractivity contribution in [1.29, 1.82) is 0 Å². The molecule has 1 N–H and O–H groups in total. The van der Waals surface area contributed by atoms with Crippen LogP contribution in [-0.2, 0) is 4.84 Å². The van der Waals surface area contributed by atoms with E-state index in [4.69, 9.17) is 0 Å². The van der Waals surface area contributed by atoms with E-state index in [1.54, 1.807) is 0 Å². The molecule has 0 aliphatic rings. The molecule has 0 saturated carbocycles. The van der Waals surface area contributed by atoms with E-state index in [1.165, 1.54) is 6.42 Å². The standard InChI is InChI=1S/C7H16N2O/c1-3-5-9-6-4-7-10-8-2/h9H,2-7H2,1H3. The first-order valence-electron chi connectivity index (χ1n) is 3.70. The maximum atomic E-state index is 4.69. The molecule has 0 aliphatic carbocycles. The Hall–Kier alpha value is -0.570. The molecule has 0 spiro atoms. The lowest BCUT2D eigenvalue weighted by atomic mass is 10.4. The van der Waals surface area contributed by atoms with E-state index in [-0.39, 0.29) is 0 Å². The van der Waals surface area contributed by atoms with Crippen LogP contribution in [-0.4, -0.2) is 26.4 Å². The van der Waals surface area contributed by atoms with Crippen LogP contribution >= 0.6 is 0 Å². The van der Waals surface area contributed by atoms with E-state index < -0.39 is 0 Å². The lowest BCUT2D eigenvalue weighted by Gasteiger charge is -2.00. The Morgan fingerprint density at radius 2 is 2.30 bits per heavy atom. The summed E-state index contributed by atoms with van der Waals surface area (Å²) in [5, 5.41) is 6.53. The molecule has 0 heterocycles. The number of oxime groups is 1. The summed E-state index contributed by atoms with van der Waals surface area (Å²) in [7, 11) is 0. The van der Waals surface area contributed by atoms with Gasteiger partial charge in [-0.15, -0.1) is 5.16 Å². The van der Waals surface area contributed by atoms with Crippen molar-refractivity contribution in [1.82, 2.24) is 5.32 Å². The molecular formula is C7H16N2O. The van der Waals surface area contributed by atoms with E-state index >= 15 is 0 Å². The summed E-state index contributed by atoms with van der Waals surface area (Å²) in [4.78, 5) is 4.69. The largest absolute Gasteiger partial charge is 0.396 e. The van der Waals surface area contributed by atoms with Gasteiger partial charge in [-0.1, -0.05) is 6.92 Å². The second kappa shape index (κ2) is 8.43. The van der Waals surface area contributed by atoms with Crippen LogP contribution in [0.3, 0.4) is 0 Å². The van der Waals surface area contributed by atoms with Gasteiger partial charge in [0.2, 0.25) is 0 Å². The zero-order chi connectivity index (χ0) is 7.66. The van der Waals surface area contributed by atoms with E-state index in [0.29, 0.717) is 6.61 Å². The molecule has 0 aromatic carbocycles. The molecule has 0 unspecified atom stereocenters. The topological polar surface area (TPSA) is 33.6 Å². The van der Waals surface area contributed by atoms with Gasteiger partial charge in [-0.2, -0.15) is 0 Å². The minimum absolute atomic E-state index is 0.667. The van der Waals surface area contributed by atoms with Gasteiger partial charge in [0, 0.05) is 6.72 Å². The first-order chi connectivity index (χ1) is 4.91. The number of rotatable bonds is 7. The van der Waals surface area contributed by atoms with Crippen molar-refractivity contribution >= 4 is 6.72 Å². The molecule has 0 aromatic rings. The molecule has 10 heavy (non-hydrogen) atoms. The summed E-state index contributed by atoms with van der Waals surface area (Å²) in [6.45, 7) is 8.10. The zero-order valence-electron chi connectivity index (χ0n) is 6.60. The monoisotopic (exact) mass is 144 g/mol. The first-order valence-corrected chi connectivity index (χ1v) is 3.70. The number of hydrogen-bond acceptors (Lipinski definition) is 3. The maximum Gasteiger partial charge on any atom is 0.118 e. The quantitative estimate of drug-likeness (QED) is 0.328. The van der Waals surface area contributed by atoms with Crippen LogP contribution in [0.1, 0.15) is 19.8 Å². The lowest BCUT2D eigenvalue weighted by Crippen LogP contribution is -2.16. The fourth-order valence-corrected chi connectivity index (χ4v) is 0.628. The van der Waals surface area contributed by atoms with E-state index in [2.05, 4.69) is 29.0 Å².